The first kappa shape index (κ1) is 21.3. The molecule has 2 aromatic carbocycles. The Labute approximate surface area is 187 Å². The Morgan fingerprint density at radius 2 is 2.10 bits per heavy atom. The summed E-state index contributed by atoms with van der Waals surface area (Å²) in [7, 11) is 1.61. The number of anilines is 1. The molecule has 0 aliphatic carbocycles. The molecule has 6 nitrogen and oxygen atoms in total. The van der Waals surface area contributed by atoms with Crippen molar-refractivity contribution < 1.29 is 13.9 Å². The molecule has 0 saturated heterocycles. The predicted octanol–water partition coefficient (Wildman–Crippen LogP) is 4.86. The number of imidazole rings is 1. The van der Waals surface area contributed by atoms with Crippen LogP contribution in [0.1, 0.15) is 6.42 Å². The summed E-state index contributed by atoms with van der Waals surface area (Å²) < 4.78 is 21.5. The molecule has 0 bridgehead atoms. The number of thioether (sulfide) groups is 1. The number of carbonyl (C=O) groups is 1. The average Bonchev–Trinajstić information content (AvgIpc) is 3.45. The molecular weight excluding hydrogens is 435 g/mol. The second kappa shape index (κ2) is 9.93. The van der Waals surface area contributed by atoms with E-state index in [1.807, 2.05) is 29.0 Å². The van der Waals surface area contributed by atoms with Gasteiger partial charge in [-0.2, -0.15) is 0 Å². The highest BCUT2D eigenvalue weighted by Crippen LogP contribution is 2.34. The number of methoxy groups -OCH3 is 1. The fraction of sp³-hybridized carbons (Fsp3) is 0.227. The van der Waals surface area contributed by atoms with Gasteiger partial charge in [-0.3, -0.25) is 9.69 Å². The Hall–Kier alpha value is -2.91. The number of para-hydroxylation sites is 1. The minimum Gasteiger partial charge on any atom is -0.494 e. The van der Waals surface area contributed by atoms with Crippen molar-refractivity contribution in [3.05, 3.63) is 67.0 Å². The van der Waals surface area contributed by atoms with Crippen molar-refractivity contribution in [3.8, 4) is 5.75 Å². The van der Waals surface area contributed by atoms with E-state index in [0.29, 0.717) is 17.4 Å². The normalized spacial score (nSPS) is 11.0. The molecule has 0 N–H and O–H groups in total. The molecule has 160 valence electrons. The van der Waals surface area contributed by atoms with Gasteiger partial charge < -0.3 is 9.30 Å². The fourth-order valence-corrected chi connectivity index (χ4v) is 4.90. The number of hydrogen-bond donors (Lipinski definition) is 0. The molecule has 9 heteroatoms. The third kappa shape index (κ3) is 5.23. The van der Waals surface area contributed by atoms with E-state index in [4.69, 9.17) is 9.72 Å². The second-order valence-electron chi connectivity index (χ2n) is 6.75. The van der Waals surface area contributed by atoms with Gasteiger partial charge in [0, 0.05) is 30.4 Å². The summed E-state index contributed by atoms with van der Waals surface area (Å²) in [5.41, 5.74) is 0.753. The van der Waals surface area contributed by atoms with Crippen LogP contribution in [-0.4, -0.2) is 39.8 Å². The number of nitrogens with zero attached hydrogens (tertiary/aromatic N) is 4. The first-order valence-corrected chi connectivity index (χ1v) is 11.5. The number of carbonyl (C=O) groups excluding carboxylic acids is 1. The molecule has 4 aromatic rings. The monoisotopic (exact) mass is 456 g/mol. The van der Waals surface area contributed by atoms with E-state index in [-0.39, 0.29) is 17.5 Å². The van der Waals surface area contributed by atoms with Gasteiger partial charge in [0.15, 0.2) is 5.13 Å². The van der Waals surface area contributed by atoms with E-state index in [1.165, 1.54) is 35.2 Å². The maximum atomic E-state index is 13.2. The molecule has 2 aromatic heterocycles. The zero-order chi connectivity index (χ0) is 21.6. The van der Waals surface area contributed by atoms with E-state index < -0.39 is 0 Å². The molecule has 0 unspecified atom stereocenters. The van der Waals surface area contributed by atoms with Crippen LogP contribution >= 0.6 is 23.1 Å². The number of halogens is 1. The number of amides is 1. The van der Waals surface area contributed by atoms with E-state index in [2.05, 4.69) is 4.98 Å². The predicted molar refractivity (Wildman–Crippen MR) is 122 cm³/mol. The van der Waals surface area contributed by atoms with Crippen LogP contribution in [0, 0.1) is 5.82 Å². The number of rotatable bonds is 9. The van der Waals surface area contributed by atoms with Crippen LogP contribution in [0.4, 0.5) is 9.52 Å². The fourth-order valence-electron chi connectivity index (χ4n) is 3.10. The number of benzene rings is 2. The van der Waals surface area contributed by atoms with Gasteiger partial charge in [-0.25, -0.2) is 14.4 Å². The van der Waals surface area contributed by atoms with Crippen LogP contribution in [0.5, 0.6) is 5.75 Å². The van der Waals surface area contributed by atoms with Gasteiger partial charge in [0.05, 0.1) is 23.9 Å². The van der Waals surface area contributed by atoms with E-state index in [9.17, 15) is 9.18 Å². The molecule has 1 amide bonds. The lowest BCUT2D eigenvalue weighted by Crippen LogP contribution is -2.33. The van der Waals surface area contributed by atoms with Gasteiger partial charge in [-0.1, -0.05) is 17.4 Å². The maximum Gasteiger partial charge on any atom is 0.239 e. The van der Waals surface area contributed by atoms with Gasteiger partial charge >= 0.3 is 0 Å². The first-order valence-electron chi connectivity index (χ1n) is 9.72. The summed E-state index contributed by atoms with van der Waals surface area (Å²) in [5, 5.41) is 0.648. The highest BCUT2D eigenvalue weighted by Gasteiger charge is 2.21. The lowest BCUT2D eigenvalue weighted by molar-refractivity contribution is -0.116. The van der Waals surface area contributed by atoms with Gasteiger partial charge in [-0.15, -0.1) is 11.8 Å². The zero-order valence-electron chi connectivity index (χ0n) is 16.9. The standard InChI is InChI=1S/C22H21FN4O2S2/c1-29-18-4-2-5-19-21(18)25-22(31-19)27(12-3-11-26-13-10-24-15-26)20(28)14-30-17-8-6-16(23)7-9-17/h2,4-10,13,15H,3,11-12,14H2,1H3. The van der Waals surface area contributed by atoms with Crippen LogP contribution in [0.25, 0.3) is 10.2 Å². The van der Waals surface area contributed by atoms with Crippen LogP contribution in [0.2, 0.25) is 0 Å². The van der Waals surface area contributed by atoms with Crippen molar-refractivity contribution >= 4 is 44.4 Å². The maximum absolute atomic E-state index is 13.2. The van der Waals surface area contributed by atoms with Crippen molar-refractivity contribution in [2.24, 2.45) is 0 Å². The molecule has 0 atom stereocenters. The quantitative estimate of drug-likeness (QED) is 0.337. The van der Waals surface area contributed by atoms with Crippen molar-refractivity contribution in [1.29, 1.82) is 0 Å². The van der Waals surface area contributed by atoms with Crippen LogP contribution < -0.4 is 9.64 Å². The van der Waals surface area contributed by atoms with Crippen molar-refractivity contribution in [1.82, 2.24) is 14.5 Å². The largest absolute Gasteiger partial charge is 0.494 e. The minimum absolute atomic E-state index is 0.0435. The van der Waals surface area contributed by atoms with Gasteiger partial charge in [0.1, 0.15) is 17.1 Å². The highest BCUT2D eigenvalue weighted by atomic mass is 32.2. The lowest BCUT2D eigenvalue weighted by Gasteiger charge is -2.20. The molecule has 0 aliphatic heterocycles. The molecule has 0 radical (unpaired) electrons. The zero-order valence-corrected chi connectivity index (χ0v) is 18.5. The molecule has 0 aliphatic rings. The number of ether oxygens (including phenoxy) is 1. The number of thiazole rings is 1. The lowest BCUT2D eigenvalue weighted by atomic mass is 10.3. The summed E-state index contributed by atoms with van der Waals surface area (Å²) in [6.45, 7) is 1.28. The topological polar surface area (TPSA) is 60.2 Å². The third-order valence-electron chi connectivity index (χ3n) is 4.66. The molecule has 0 spiro atoms. The molecule has 0 saturated carbocycles. The van der Waals surface area contributed by atoms with Crippen molar-refractivity contribution in [2.45, 2.75) is 17.9 Å². The molecule has 31 heavy (non-hydrogen) atoms. The SMILES string of the molecule is COc1cccc2sc(N(CCCn3ccnc3)C(=O)CSc3ccc(F)cc3)nc12. The molecule has 0 fully saturated rings. The van der Waals surface area contributed by atoms with Crippen LogP contribution in [0.15, 0.2) is 66.1 Å². The molecule has 4 rings (SSSR count). The number of hydrogen-bond acceptors (Lipinski definition) is 6. The van der Waals surface area contributed by atoms with E-state index in [1.54, 1.807) is 36.7 Å². The molecule has 2 heterocycles. The third-order valence-corrected chi connectivity index (χ3v) is 6.70. The summed E-state index contributed by atoms with van der Waals surface area (Å²) in [5.74, 6) is 0.591. The van der Waals surface area contributed by atoms with Crippen molar-refractivity contribution in [2.75, 3.05) is 24.3 Å². The first-order chi connectivity index (χ1) is 15.1. The number of fused-ring (bicyclic) bond motifs is 1. The second-order valence-corrected chi connectivity index (χ2v) is 8.80. The Bertz CT molecular complexity index is 1150. The Morgan fingerprint density at radius 3 is 2.84 bits per heavy atom. The Morgan fingerprint density at radius 1 is 1.26 bits per heavy atom. The summed E-state index contributed by atoms with van der Waals surface area (Å²) in [6, 6.07) is 11.9. The number of aryl methyl sites for hydroxylation is 1. The summed E-state index contributed by atoms with van der Waals surface area (Å²) in [6.07, 6.45) is 6.16. The van der Waals surface area contributed by atoms with Gasteiger partial charge in [0.25, 0.3) is 0 Å². The Balaban J connectivity index is 1.52. The highest BCUT2D eigenvalue weighted by molar-refractivity contribution is 8.00. The van der Waals surface area contributed by atoms with Gasteiger partial charge in [-0.05, 0) is 42.8 Å². The smallest absolute Gasteiger partial charge is 0.239 e. The van der Waals surface area contributed by atoms with Crippen LogP contribution in [0.3, 0.4) is 0 Å². The minimum atomic E-state index is -0.291. The van der Waals surface area contributed by atoms with E-state index in [0.717, 1.165) is 28.1 Å². The summed E-state index contributed by atoms with van der Waals surface area (Å²) >= 11 is 2.86. The summed E-state index contributed by atoms with van der Waals surface area (Å²) in [4.78, 5) is 24.5. The average molecular weight is 457 g/mol. The molecular formula is C22H21FN4O2S2. The van der Waals surface area contributed by atoms with Crippen molar-refractivity contribution in [3.63, 3.8) is 0 Å². The Kier molecular flexibility index (Phi) is 6.83. The number of aromatic nitrogens is 3. The van der Waals surface area contributed by atoms with Crippen LogP contribution in [-0.2, 0) is 11.3 Å². The van der Waals surface area contributed by atoms with E-state index >= 15 is 0 Å². The van der Waals surface area contributed by atoms with Gasteiger partial charge in [0.2, 0.25) is 5.91 Å².